The third kappa shape index (κ3) is 5.59. The number of imidazole rings is 1. The summed E-state index contributed by atoms with van der Waals surface area (Å²) in [7, 11) is 0. The van der Waals surface area contributed by atoms with E-state index < -0.39 is 0 Å². The van der Waals surface area contributed by atoms with Crippen LogP contribution in [0.1, 0.15) is 51.6 Å². The molecule has 0 spiro atoms. The van der Waals surface area contributed by atoms with E-state index in [1.165, 1.54) is 5.56 Å². The molecule has 2 N–H and O–H groups in total. The number of amides is 3. The van der Waals surface area contributed by atoms with Crippen LogP contribution in [0.4, 0.5) is 10.5 Å². The Bertz CT molecular complexity index is 1420. The van der Waals surface area contributed by atoms with E-state index in [4.69, 9.17) is 11.6 Å². The second kappa shape index (κ2) is 10.6. The Kier molecular flexibility index (Phi) is 7.10. The number of rotatable bonds is 5. The van der Waals surface area contributed by atoms with Gasteiger partial charge in [-0.2, -0.15) is 0 Å². The van der Waals surface area contributed by atoms with Gasteiger partial charge in [-0.1, -0.05) is 23.7 Å². The molecule has 0 saturated carbocycles. The van der Waals surface area contributed by atoms with Crippen LogP contribution in [0.5, 0.6) is 0 Å². The SMILES string of the molecule is Cc1cc(Cl)c(C(=O)N2CCC(c3ccc(NC(=O)NCc4ccn5ccnc5c4)cc3)CC2)c(C)n1. The lowest BCUT2D eigenvalue weighted by Gasteiger charge is -2.32. The molecule has 1 aliphatic rings. The lowest BCUT2D eigenvalue weighted by molar-refractivity contribution is 0.0712. The molecule has 1 aliphatic heterocycles. The number of carbonyl (C=O) groups is 2. The Labute approximate surface area is 220 Å². The molecule has 8 nitrogen and oxygen atoms in total. The van der Waals surface area contributed by atoms with Crippen molar-refractivity contribution < 1.29 is 9.59 Å². The molecule has 0 unspecified atom stereocenters. The lowest BCUT2D eigenvalue weighted by atomic mass is 9.89. The number of carbonyl (C=O) groups excluding carboxylic acids is 2. The number of piperidine rings is 1. The van der Waals surface area contributed by atoms with E-state index in [1.807, 2.05) is 59.8 Å². The van der Waals surface area contributed by atoms with Crippen LogP contribution in [-0.4, -0.2) is 44.3 Å². The summed E-state index contributed by atoms with van der Waals surface area (Å²) in [5.74, 6) is 0.306. The molecule has 0 bridgehead atoms. The number of aromatic nitrogens is 3. The summed E-state index contributed by atoms with van der Waals surface area (Å²) in [6.45, 7) is 5.44. The van der Waals surface area contributed by atoms with Gasteiger partial charge in [-0.3, -0.25) is 9.78 Å². The van der Waals surface area contributed by atoms with Crippen LogP contribution in [0.25, 0.3) is 5.65 Å². The minimum absolute atomic E-state index is 0.0521. The molecular formula is C28H29ClN6O2. The minimum atomic E-state index is -0.262. The van der Waals surface area contributed by atoms with Crippen molar-refractivity contribution in [3.63, 3.8) is 0 Å². The highest BCUT2D eigenvalue weighted by molar-refractivity contribution is 6.34. The number of hydrogen-bond donors (Lipinski definition) is 2. The fourth-order valence-electron chi connectivity index (χ4n) is 4.87. The van der Waals surface area contributed by atoms with E-state index in [-0.39, 0.29) is 11.9 Å². The van der Waals surface area contributed by atoms with Gasteiger partial charge >= 0.3 is 6.03 Å². The Balaban J connectivity index is 1.12. The normalized spacial score (nSPS) is 14.1. The number of pyridine rings is 2. The van der Waals surface area contributed by atoms with Crippen LogP contribution >= 0.6 is 11.6 Å². The van der Waals surface area contributed by atoms with Crippen LogP contribution in [0.15, 0.2) is 61.1 Å². The molecule has 9 heteroatoms. The monoisotopic (exact) mass is 516 g/mol. The van der Waals surface area contributed by atoms with Gasteiger partial charge in [0.05, 0.1) is 16.3 Å². The average molecular weight is 517 g/mol. The summed E-state index contributed by atoms with van der Waals surface area (Å²) in [5.41, 5.74) is 5.74. The smallest absolute Gasteiger partial charge is 0.319 e. The molecule has 190 valence electrons. The number of fused-ring (bicyclic) bond motifs is 1. The van der Waals surface area contributed by atoms with Crippen molar-refractivity contribution >= 4 is 34.9 Å². The van der Waals surface area contributed by atoms with E-state index in [0.29, 0.717) is 41.8 Å². The Morgan fingerprint density at radius 2 is 1.81 bits per heavy atom. The van der Waals surface area contributed by atoms with Crippen LogP contribution < -0.4 is 10.6 Å². The topological polar surface area (TPSA) is 91.6 Å². The molecule has 1 saturated heterocycles. The van der Waals surface area contributed by atoms with Gasteiger partial charge in [0.2, 0.25) is 0 Å². The standard InChI is InChI=1S/C28H29ClN6O2/c1-18-15-24(29)26(19(2)32-18)27(36)35-12-8-22(9-13-35)21-3-5-23(6-4-21)33-28(37)31-17-20-7-11-34-14-10-30-25(34)16-20/h3-7,10-11,14-16,22H,8-9,12-13,17H2,1-2H3,(H2,31,33,37). The third-order valence-corrected chi connectivity index (χ3v) is 7.13. The lowest BCUT2D eigenvalue weighted by Crippen LogP contribution is -2.38. The predicted octanol–water partition coefficient (Wildman–Crippen LogP) is 5.34. The van der Waals surface area contributed by atoms with Crippen LogP contribution in [0.2, 0.25) is 5.02 Å². The number of likely N-dealkylation sites (tertiary alicyclic amines) is 1. The third-order valence-electron chi connectivity index (χ3n) is 6.83. The highest BCUT2D eigenvalue weighted by Crippen LogP contribution is 2.31. The van der Waals surface area contributed by atoms with Gasteiger partial charge in [0.25, 0.3) is 5.91 Å². The van der Waals surface area contributed by atoms with E-state index in [0.717, 1.165) is 35.4 Å². The zero-order valence-corrected chi connectivity index (χ0v) is 21.6. The summed E-state index contributed by atoms with van der Waals surface area (Å²) in [5, 5.41) is 6.23. The first-order chi connectivity index (χ1) is 17.9. The fourth-order valence-corrected chi connectivity index (χ4v) is 5.25. The predicted molar refractivity (Wildman–Crippen MR) is 144 cm³/mol. The van der Waals surface area contributed by atoms with Gasteiger partial charge in [-0.15, -0.1) is 0 Å². The number of urea groups is 1. The summed E-state index contributed by atoms with van der Waals surface area (Å²) in [4.78, 5) is 36.0. The van der Waals surface area contributed by atoms with Gasteiger partial charge in [-0.25, -0.2) is 9.78 Å². The maximum atomic E-state index is 13.1. The summed E-state index contributed by atoms with van der Waals surface area (Å²) < 4.78 is 1.92. The maximum Gasteiger partial charge on any atom is 0.319 e. The average Bonchev–Trinajstić information content (AvgIpc) is 3.35. The first kappa shape index (κ1) is 24.8. The number of halogens is 1. The highest BCUT2D eigenvalue weighted by Gasteiger charge is 2.27. The molecule has 0 aliphatic carbocycles. The summed E-state index contributed by atoms with van der Waals surface area (Å²) >= 11 is 6.37. The molecule has 1 aromatic carbocycles. The fraction of sp³-hybridized carbons (Fsp3) is 0.286. The number of anilines is 1. The van der Waals surface area contributed by atoms with E-state index in [2.05, 4.69) is 32.7 Å². The van der Waals surface area contributed by atoms with Crippen molar-refractivity contribution in [2.75, 3.05) is 18.4 Å². The van der Waals surface area contributed by atoms with Gasteiger partial charge in [-0.05, 0) is 74.1 Å². The number of aryl methyl sites for hydroxylation is 2. The Morgan fingerprint density at radius 3 is 2.54 bits per heavy atom. The summed E-state index contributed by atoms with van der Waals surface area (Å²) in [6.07, 6.45) is 7.29. The quantitative estimate of drug-likeness (QED) is 0.374. The number of benzene rings is 1. The van der Waals surface area contributed by atoms with E-state index in [1.54, 1.807) is 12.3 Å². The van der Waals surface area contributed by atoms with Crippen molar-refractivity contribution in [1.82, 2.24) is 24.6 Å². The van der Waals surface area contributed by atoms with Crippen molar-refractivity contribution in [2.24, 2.45) is 0 Å². The Hall–Kier alpha value is -3.91. The van der Waals surface area contributed by atoms with Crippen molar-refractivity contribution in [2.45, 2.75) is 39.2 Å². The number of nitrogens with one attached hydrogen (secondary N) is 2. The van der Waals surface area contributed by atoms with Crippen LogP contribution in [-0.2, 0) is 6.54 Å². The molecule has 3 aromatic heterocycles. The zero-order valence-electron chi connectivity index (χ0n) is 20.9. The molecular weight excluding hydrogens is 488 g/mol. The second-order valence-electron chi connectivity index (χ2n) is 9.43. The van der Waals surface area contributed by atoms with Crippen molar-refractivity contribution in [1.29, 1.82) is 0 Å². The van der Waals surface area contributed by atoms with Crippen molar-refractivity contribution in [3.05, 3.63) is 94.2 Å². The molecule has 3 amide bonds. The molecule has 1 fully saturated rings. The molecule has 0 atom stereocenters. The van der Waals surface area contributed by atoms with Gasteiger partial charge in [0.15, 0.2) is 0 Å². The van der Waals surface area contributed by atoms with Crippen molar-refractivity contribution in [3.8, 4) is 0 Å². The highest BCUT2D eigenvalue weighted by atomic mass is 35.5. The van der Waals surface area contributed by atoms with Crippen LogP contribution in [0, 0.1) is 13.8 Å². The molecule has 4 heterocycles. The van der Waals surface area contributed by atoms with Gasteiger partial charge in [0.1, 0.15) is 5.65 Å². The molecule has 0 radical (unpaired) electrons. The van der Waals surface area contributed by atoms with E-state index in [9.17, 15) is 9.59 Å². The molecule has 5 rings (SSSR count). The molecule has 37 heavy (non-hydrogen) atoms. The Morgan fingerprint density at radius 1 is 1.05 bits per heavy atom. The second-order valence-corrected chi connectivity index (χ2v) is 9.84. The molecule has 4 aromatic rings. The maximum absolute atomic E-state index is 13.1. The zero-order chi connectivity index (χ0) is 25.9. The number of nitrogens with zero attached hydrogens (tertiary/aromatic N) is 4. The minimum Gasteiger partial charge on any atom is -0.339 e. The van der Waals surface area contributed by atoms with Gasteiger partial charge in [0, 0.05) is 49.6 Å². The van der Waals surface area contributed by atoms with Crippen LogP contribution in [0.3, 0.4) is 0 Å². The first-order valence-corrected chi connectivity index (χ1v) is 12.7. The van der Waals surface area contributed by atoms with E-state index >= 15 is 0 Å². The number of hydrogen-bond acceptors (Lipinski definition) is 4. The summed E-state index contributed by atoms with van der Waals surface area (Å²) in [6, 6.07) is 13.3. The first-order valence-electron chi connectivity index (χ1n) is 12.4. The largest absolute Gasteiger partial charge is 0.339 e. The van der Waals surface area contributed by atoms with Gasteiger partial charge < -0.3 is 19.9 Å².